The third kappa shape index (κ3) is 4.13. The van der Waals surface area contributed by atoms with E-state index in [1.54, 1.807) is 18.5 Å². The molecule has 0 saturated carbocycles. The summed E-state index contributed by atoms with van der Waals surface area (Å²) in [6, 6.07) is 4.30. The summed E-state index contributed by atoms with van der Waals surface area (Å²) in [5.41, 5.74) is 8.04. The number of fused-ring (bicyclic) bond motifs is 1. The monoisotopic (exact) mass is 423 g/mol. The molecule has 2 aliphatic heterocycles. The van der Waals surface area contributed by atoms with Gasteiger partial charge in [-0.3, -0.25) is 29.4 Å². The third-order valence-corrected chi connectivity index (χ3v) is 5.75. The number of carbonyl (C=O) groups excluding carboxylic acids is 4. The zero-order chi connectivity index (χ0) is 22.0. The van der Waals surface area contributed by atoms with Crippen LogP contribution in [0.4, 0.5) is 0 Å². The van der Waals surface area contributed by atoms with Gasteiger partial charge in [-0.1, -0.05) is 12.1 Å². The van der Waals surface area contributed by atoms with Crippen LogP contribution in [0.5, 0.6) is 0 Å². The molecular weight excluding hydrogens is 398 g/mol. The summed E-state index contributed by atoms with van der Waals surface area (Å²) >= 11 is 0. The van der Waals surface area contributed by atoms with Crippen LogP contribution in [-0.2, 0) is 29.0 Å². The molecule has 0 spiro atoms. The Labute approximate surface area is 179 Å². The minimum absolute atomic E-state index is 0.109. The van der Waals surface area contributed by atoms with Gasteiger partial charge in [0.1, 0.15) is 6.04 Å². The summed E-state index contributed by atoms with van der Waals surface area (Å²) in [5, 5.41) is 2.22. The van der Waals surface area contributed by atoms with Gasteiger partial charge in [0.15, 0.2) is 0 Å². The molecule has 0 bridgehead atoms. The zero-order valence-electron chi connectivity index (χ0n) is 17.2. The lowest BCUT2D eigenvalue weighted by atomic mass is 9.98. The van der Waals surface area contributed by atoms with Crippen LogP contribution in [0.2, 0.25) is 0 Å². The number of aromatic nitrogens is 2. The molecule has 1 aromatic carbocycles. The van der Waals surface area contributed by atoms with E-state index in [9.17, 15) is 19.2 Å². The second-order valence-corrected chi connectivity index (χ2v) is 7.89. The summed E-state index contributed by atoms with van der Waals surface area (Å²) in [4.78, 5) is 54.9. The molecule has 3 N–H and O–H groups in total. The Hall–Kier alpha value is -3.33. The van der Waals surface area contributed by atoms with E-state index in [1.165, 1.54) is 0 Å². The molecule has 4 amide bonds. The van der Waals surface area contributed by atoms with Gasteiger partial charge in [-0.2, -0.15) is 0 Å². The minimum atomic E-state index is -0.943. The van der Waals surface area contributed by atoms with Crippen molar-refractivity contribution in [1.82, 2.24) is 19.8 Å². The number of hydrogen-bond acceptors (Lipinski definition) is 6. The van der Waals surface area contributed by atoms with E-state index in [-0.39, 0.29) is 18.7 Å². The number of piperidine rings is 1. The van der Waals surface area contributed by atoms with Crippen molar-refractivity contribution in [2.24, 2.45) is 5.73 Å². The van der Waals surface area contributed by atoms with Crippen molar-refractivity contribution < 1.29 is 19.2 Å². The van der Waals surface area contributed by atoms with Crippen LogP contribution >= 0.6 is 0 Å². The number of imide groups is 2. The van der Waals surface area contributed by atoms with E-state index in [4.69, 9.17) is 5.73 Å². The summed E-state index contributed by atoms with van der Waals surface area (Å²) in [6.45, 7) is 1.38. The molecule has 31 heavy (non-hydrogen) atoms. The van der Waals surface area contributed by atoms with Gasteiger partial charge in [0.2, 0.25) is 11.8 Å². The minimum Gasteiger partial charge on any atom is -0.337 e. The lowest BCUT2D eigenvalue weighted by molar-refractivity contribution is -0.136. The number of rotatable bonds is 8. The Balaban J connectivity index is 1.42. The predicted molar refractivity (Wildman–Crippen MR) is 111 cm³/mol. The van der Waals surface area contributed by atoms with Gasteiger partial charge < -0.3 is 10.3 Å². The molecule has 1 unspecified atom stereocenters. The summed E-state index contributed by atoms with van der Waals surface area (Å²) in [7, 11) is 0. The van der Waals surface area contributed by atoms with Crippen molar-refractivity contribution in [1.29, 1.82) is 0 Å². The van der Waals surface area contributed by atoms with E-state index in [0.717, 1.165) is 42.0 Å². The maximum atomic E-state index is 13.1. The van der Waals surface area contributed by atoms with Crippen LogP contribution in [0.25, 0.3) is 0 Å². The highest BCUT2D eigenvalue weighted by Crippen LogP contribution is 2.30. The van der Waals surface area contributed by atoms with Gasteiger partial charge in [0.25, 0.3) is 11.8 Å². The molecule has 3 heterocycles. The first-order valence-electron chi connectivity index (χ1n) is 10.5. The Bertz CT molecular complexity index is 1040. The molecule has 1 aromatic heterocycles. The van der Waals surface area contributed by atoms with Crippen LogP contribution in [0.15, 0.2) is 30.7 Å². The largest absolute Gasteiger partial charge is 0.337 e. The molecule has 1 atom stereocenters. The standard InChI is InChI=1S/C22H25N5O4/c23-10-9-15-12-26(13-24-15)11-2-1-4-14-5-3-6-16-19(14)22(31)27(21(16)30)17-7-8-18(28)25-20(17)29/h3,5-6,12-13,17H,1-2,4,7-11,23H2,(H,25,28,29). The van der Waals surface area contributed by atoms with E-state index < -0.39 is 23.8 Å². The second kappa shape index (κ2) is 8.81. The fourth-order valence-corrected chi connectivity index (χ4v) is 4.21. The van der Waals surface area contributed by atoms with Crippen molar-refractivity contribution in [3.63, 3.8) is 0 Å². The number of hydrogen-bond donors (Lipinski definition) is 2. The number of nitrogens with zero attached hydrogens (tertiary/aromatic N) is 3. The predicted octanol–water partition coefficient (Wildman–Crippen LogP) is 0.808. The molecule has 9 heteroatoms. The number of unbranched alkanes of at least 4 members (excludes halogenated alkanes) is 1. The van der Waals surface area contributed by atoms with E-state index >= 15 is 0 Å². The number of carbonyl (C=O) groups is 4. The number of nitrogens with one attached hydrogen (secondary N) is 1. The molecule has 2 aromatic rings. The molecule has 1 saturated heterocycles. The van der Waals surface area contributed by atoms with Crippen molar-refractivity contribution >= 4 is 23.6 Å². The average molecular weight is 423 g/mol. The smallest absolute Gasteiger partial charge is 0.262 e. The van der Waals surface area contributed by atoms with Gasteiger partial charge in [-0.25, -0.2) is 4.98 Å². The van der Waals surface area contributed by atoms with E-state index in [2.05, 4.69) is 10.3 Å². The fraction of sp³-hybridized carbons (Fsp3) is 0.409. The molecule has 162 valence electrons. The number of amides is 4. The van der Waals surface area contributed by atoms with Crippen LogP contribution < -0.4 is 11.1 Å². The van der Waals surface area contributed by atoms with Crippen molar-refractivity contribution in [3.8, 4) is 0 Å². The third-order valence-electron chi connectivity index (χ3n) is 5.75. The Morgan fingerprint density at radius 1 is 1.10 bits per heavy atom. The first-order chi connectivity index (χ1) is 15.0. The van der Waals surface area contributed by atoms with Crippen molar-refractivity contribution in [3.05, 3.63) is 53.1 Å². The Morgan fingerprint density at radius 3 is 2.71 bits per heavy atom. The van der Waals surface area contributed by atoms with Gasteiger partial charge in [0.05, 0.1) is 23.1 Å². The molecule has 4 rings (SSSR count). The second-order valence-electron chi connectivity index (χ2n) is 7.89. The first-order valence-corrected chi connectivity index (χ1v) is 10.5. The maximum Gasteiger partial charge on any atom is 0.262 e. The van der Waals surface area contributed by atoms with Gasteiger partial charge in [-0.15, -0.1) is 0 Å². The number of nitrogens with two attached hydrogens (primary N) is 1. The van der Waals surface area contributed by atoms with E-state index in [0.29, 0.717) is 24.1 Å². The number of aryl methyl sites for hydroxylation is 2. The average Bonchev–Trinajstić information content (AvgIpc) is 3.29. The fourth-order valence-electron chi connectivity index (χ4n) is 4.21. The Kier molecular flexibility index (Phi) is 5.94. The Morgan fingerprint density at radius 2 is 1.94 bits per heavy atom. The highest BCUT2D eigenvalue weighted by atomic mass is 16.2. The summed E-state index contributed by atoms with van der Waals surface area (Å²) in [6.07, 6.45) is 7.18. The molecule has 0 aliphatic carbocycles. The SMILES string of the molecule is NCCc1cn(CCCCc2cccc3c2C(=O)N(C2CCC(=O)NC2=O)C3=O)cn1. The highest BCUT2D eigenvalue weighted by Gasteiger charge is 2.45. The maximum absolute atomic E-state index is 13.1. The lowest BCUT2D eigenvalue weighted by Crippen LogP contribution is -2.54. The lowest BCUT2D eigenvalue weighted by Gasteiger charge is -2.27. The van der Waals surface area contributed by atoms with Gasteiger partial charge in [0, 0.05) is 25.6 Å². The molecule has 0 radical (unpaired) electrons. The highest BCUT2D eigenvalue weighted by molar-refractivity contribution is 6.24. The van der Waals surface area contributed by atoms with Gasteiger partial charge in [-0.05, 0) is 43.9 Å². The van der Waals surface area contributed by atoms with Crippen LogP contribution in [0.3, 0.4) is 0 Å². The van der Waals surface area contributed by atoms with Crippen LogP contribution in [0.1, 0.15) is 57.7 Å². The van der Waals surface area contributed by atoms with Gasteiger partial charge >= 0.3 is 0 Å². The number of imidazole rings is 1. The van der Waals surface area contributed by atoms with Crippen molar-refractivity contribution in [2.45, 2.75) is 51.1 Å². The molecular formula is C22H25N5O4. The zero-order valence-corrected chi connectivity index (χ0v) is 17.2. The quantitative estimate of drug-likeness (QED) is 0.478. The van der Waals surface area contributed by atoms with Crippen LogP contribution in [0, 0.1) is 0 Å². The summed E-state index contributed by atoms with van der Waals surface area (Å²) < 4.78 is 2.03. The van der Waals surface area contributed by atoms with Crippen LogP contribution in [-0.4, -0.2) is 50.7 Å². The normalized spacial score (nSPS) is 18.5. The first kappa shape index (κ1) is 20.9. The number of benzene rings is 1. The molecule has 1 fully saturated rings. The van der Waals surface area contributed by atoms with Crippen molar-refractivity contribution in [2.75, 3.05) is 6.54 Å². The van der Waals surface area contributed by atoms with E-state index in [1.807, 2.05) is 16.8 Å². The molecule has 9 nitrogen and oxygen atoms in total. The molecule has 2 aliphatic rings. The summed E-state index contributed by atoms with van der Waals surface area (Å²) in [5.74, 6) is -1.90. The topological polar surface area (TPSA) is 127 Å².